The Bertz CT molecular complexity index is 569. The average Bonchev–Trinajstić information content (AvgIpc) is 2.54. The van der Waals surface area contributed by atoms with Gasteiger partial charge in [-0.2, -0.15) is 0 Å². The number of benzene rings is 1. The Morgan fingerprint density at radius 2 is 2.12 bits per heavy atom. The molecule has 1 N–H and O–H groups in total. The molecule has 4 heteroatoms. The third-order valence-electron chi connectivity index (χ3n) is 2.98. The van der Waals surface area contributed by atoms with Crippen molar-refractivity contribution < 1.29 is 14.6 Å². The maximum Gasteiger partial charge on any atom is 0.167 e. The standard InChI is InChI=1S/C12H13NO3/c1-7-8(6-14)11-9(13(7)2)4-5-10(16-3)12(11)15/h4-6,15H,1-3H3. The molecule has 84 valence electrons. The number of methoxy groups -OCH3 is 1. The molecule has 0 atom stereocenters. The largest absolute Gasteiger partial charge is 0.504 e. The van der Waals surface area contributed by atoms with E-state index in [9.17, 15) is 9.90 Å². The minimum atomic E-state index is 0.0193. The fourth-order valence-electron chi connectivity index (χ4n) is 1.96. The van der Waals surface area contributed by atoms with Crippen molar-refractivity contribution >= 4 is 17.2 Å². The number of hydrogen-bond acceptors (Lipinski definition) is 3. The van der Waals surface area contributed by atoms with Crippen molar-refractivity contribution in [1.82, 2.24) is 4.57 Å². The summed E-state index contributed by atoms with van der Waals surface area (Å²) in [6.07, 6.45) is 0.761. The van der Waals surface area contributed by atoms with Gasteiger partial charge in [0.25, 0.3) is 0 Å². The third-order valence-corrected chi connectivity index (χ3v) is 2.98. The number of carbonyl (C=O) groups is 1. The number of aromatic nitrogens is 1. The molecule has 0 saturated carbocycles. The van der Waals surface area contributed by atoms with Gasteiger partial charge in [-0.3, -0.25) is 4.79 Å². The van der Waals surface area contributed by atoms with Crippen LogP contribution in [0.4, 0.5) is 0 Å². The van der Waals surface area contributed by atoms with Crippen molar-refractivity contribution in [3.05, 3.63) is 23.4 Å². The van der Waals surface area contributed by atoms with Crippen molar-refractivity contribution in [2.45, 2.75) is 6.92 Å². The van der Waals surface area contributed by atoms with Gasteiger partial charge in [0.1, 0.15) is 0 Å². The number of aldehydes is 1. The van der Waals surface area contributed by atoms with Crippen molar-refractivity contribution in [3.8, 4) is 11.5 Å². The van der Waals surface area contributed by atoms with E-state index in [0.29, 0.717) is 16.7 Å². The lowest BCUT2D eigenvalue weighted by Gasteiger charge is -2.04. The topological polar surface area (TPSA) is 51.5 Å². The first kappa shape index (κ1) is 10.5. The van der Waals surface area contributed by atoms with Crippen LogP contribution in [-0.4, -0.2) is 23.1 Å². The number of hydrogen-bond donors (Lipinski definition) is 1. The van der Waals surface area contributed by atoms with Crippen LogP contribution in [0.25, 0.3) is 10.9 Å². The second-order valence-corrected chi connectivity index (χ2v) is 3.69. The molecule has 0 bridgehead atoms. The van der Waals surface area contributed by atoms with Crippen LogP contribution >= 0.6 is 0 Å². The van der Waals surface area contributed by atoms with Crippen LogP contribution in [0.2, 0.25) is 0 Å². The van der Waals surface area contributed by atoms with Gasteiger partial charge in [0.2, 0.25) is 0 Å². The molecular formula is C12H13NO3. The molecule has 0 spiro atoms. The summed E-state index contributed by atoms with van der Waals surface area (Å²) in [6, 6.07) is 3.51. The number of rotatable bonds is 2. The maximum absolute atomic E-state index is 11.0. The summed E-state index contributed by atoms with van der Waals surface area (Å²) in [5.74, 6) is 0.395. The number of ether oxygens (including phenoxy) is 1. The van der Waals surface area contributed by atoms with Gasteiger partial charge in [0.15, 0.2) is 17.8 Å². The van der Waals surface area contributed by atoms with Crippen LogP contribution in [0.1, 0.15) is 16.1 Å². The summed E-state index contributed by atoms with van der Waals surface area (Å²) < 4.78 is 6.90. The third kappa shape index (κ3) is 1.19. The molecule has 2 aromatic rings. The molecule has 0 aliphatic rings. The van der Waals surface area contributed by atoms with Crippen molar-refractivity contribution in [2.75, 3.05) is 7.11 Å². The number of aryl methyl sites for hydroxylation is 1. The molecule has 4 nitrogen and oxygen atoms in total. The molecule has 0 fully saturated rings. The van der Waals surface area contributed by atoms with E-state index in [4.69, 9.17) is 4.74 Å². The normalized spacial score (nSPS) is 10.7. The molecule has 0 unspecified atom stereocenters. The van der Waals surface area contributed by atoms with Gasteiger partial charge < -0.3 is 14.4 Å². The fraction of sp³-hybridized carbons (Fsp3) is 0.250. The van der Waals surface area contributed by atoms with E-state index >= 15 is 0 Å². The van der Waals surface area contributed by atoms with Crippen LogP contribution in [0, 0.1) is 6.92 Å². The van der Waals surface area contributed by atoms with Gasteiger partial charge in [-0.15, -0.1) is 0 Å². The molecule has 0 aliphatic carbocycles. The SMILES string of the molecule is COc1ccc2c(c1O)c(C=O)c(C)n2C. The first-order valence-electron chi connectivity index (χ1n) is 4.92. The monoisotopic (exact) mass is 219 g/mol. The van der Waals surface area contributed by atoms with Crippen LogP contribution in [0.3, 0.4) is 0 Å². The molecular weight excluding hydrogens is 206 g/mol. The summed E-state index contributed by atoms with van der Waals surface area (Å²) in [4.78, 5) is 11.0. The van der Waals surface area contributed by atoms with Gasteiger partial charge >= 0.3 is 0 Å². The maximum atomic E-state index is 11.0. The Morgan fingerprint density at radius 1 is 1.44 bits per heavy atom. The van der Waals surface area contributed by atoms with Gasteiger partial charge in [-0.05, 0) is 19.1 Å². The Kier molecular flexibility index (Phi) is 2.34. The summed E-state index contributed by atoms with van der Waals surface area (Å²) in [5.41, 5.74) is 2.15. The first-order chi connectivity index (χ1) is 7.61. The number of aromatic hydroxyl groups is 1. The Morgan fingerprint density at radius 3 is 2.69 bits per heavy atom. The molecule has 0 radical (unpaired) electrons. The first-order valence-corrected chi connectivity index (χ1v) is 4.92. The predicted molar refractivity (Wildman–Crippen MR) is 61.3 cm³/mol. The number of fused-ring (bicyclic) bond motifs is 1. The zero-order valence-corrected chi connectivity index (χ0v) is 9.44. The predicted octanol–water partition coefficient (Wildman–Crippen LogP) is 2.01. The molecule has 2 rings (SSSR count). The number of phenols is 1. The average molecular weight is 219 g/mol. The highest BCUT2D eigenvalue weighted by Gasteiger charge is 2.17. The molecule has 0 saturated heterocycles. The zero-order chi connectivity index (χ0) is 11.9. The second-order valence-electron chi connectivity index (χ2n) is 3.69. The van der Waals surface area contributed by atoms with Gasteiger partial charge in [0, 0.05) is 18.3 Å². The highest BCUT2D eigenvalue weighted by atomic mass is 16.5. The van der Waals surface area contributed by atoms with Crippen LogP contribution < -0.4 is 4.74 Å². The lowest BCUT2D eigenvalue weighted by atomic mass is 10.1. The summed E-state index contributed by atoms with van der Waals surface area (Å²) in [5, 5.41) is 10.6. The van der Waals surface area contributed by atoms with Crippen molar-refractivity contribution in [3.63, 3.8) is 0 Å². The van der Waals surface area contributed by atoms with E-state index in [1.54, 1.807) is 6.07 Å². The highest BCUT2D eigenvalue weighted by molar-refractivity contribution is 6.03. The molecule has 0 aliphatic heterocycles. The summed E-state index contributed by atoms with van der Waals surface area (Å²) in [7, 11) is 3.34. The molecule has 1 aromatic heterocycles. The Balaban J connectivity index is 2.97. The second kappa shape index (κ2) is 3.56. The van der Waals surface area contributed by atoms with Crippen LogP contribution in [-0.2, 0) is 7.05 Å². The lowest BCUT2D eigenvalue weighted by Crippen LogP contribution is -1.91. The molecule has 0 amide bonds. The van der Waals surface area contributed by atoms with E-state index in [1.807, 2.05) is 24.6 Å². The van der Waals surface area contributed by atoms with Crippen LogP contribution in [0.5, 0.6) is 11.5 Å². The number of nitrogens with zero attached hydrogens (tertiary/aromatic N) is 1. The Labute approximate surface area is 93.1 Å². The molecule has 1 heterocycles. The number of carbonyl (C=O) groups excluding carboxylic acids is 1. The highest BCUT2D eigenvalue weighted by Crippen LogP contribution is 2.38. The zero-order valence-electron chi connectivity index (χ0n) is 9.44. The van der Waals surface area contributed by atoms with Crippen molar-refractivity contribution in [1.29, 1.82) is 0 Å². The summed E-state index contributed by atoms with van der Waals surface area (Å²) in [6.45, 7) is 1.84. The van der Waals surface area contributed by atoms with Gasteiger partial charge in [0.05, 0.1) is 18.0 Å². The quantitative estimate of drug-likeness (QED) is 0.786. The van der Waals surface area contributed by atoms with Crippen LogP contribution in [0.15, 0.2) is 12.1 Å². The minimum Gasteiger partial charge on any atom is -0.504 e. The molecule has 1 aromatic carbocycles. The van der Waals surface area contributed by atoms with E-state index in [1.165, 1.54) is 7.11 Å². The van der Waals surface area contributed by atoms with Crippen molar-refractivity contribution in [2.24, 2.45) is 7.05 Å². The van der Waals surface area contributed by atoms with E-state index in [-0.39, 0.29) is 5.75 Å². The fourth-order valence-corrected chi connectivity index (χ4v) is 1.96. The smallest absolute Gasteiger partial charge is 0.167 e. The summed E-state index contributed by atoms with van der Waals surface area (Å²) >= 11 is 0. The van der Waals surface area contributed by atoms with E-state index < -0.39 is 0 Å². The van der Waals surface area contributed by atoms with Gasteiger partial charge in [-0.25, -0.2) is 0 Å². The number of phenolic OH excluding ortho intramolecular Hbond substituents is 1. The van der Waals surface area contributed by atoms with Gasteiger partial charge in [-0.1, -0.05) is 0 Å². The van der Waals surface area contributed by atoms with E-state index in [2.05, 4.69) is 0 Å². The van der Waals surface area contributed by atoms with E-state index in [0.717, 1.165) is 17.5 Å². The molecule has 16 heavy (non-hydrogen) atoms. The minimum absolute atomic E-state index is 0.0193. The Hall–Kier alpha value is -1.97. The lowest BCUT2D eigenvalue weighted by molar-refractivity contribution is 0.112.